The van der Waals surface area contributed by atoms with E-state index in [9.17, 15) is 14.4 Å². The number of nitrogens with zero attached hydrogens (tertiary/aromatic N) is 3. The van der Waals surface area contributed by atoms with E-state index in [0.29, 0.717) is 18.5 Å². The first-order chi connectivity index (χ1) is 14.0. The minimum Gasteiger partial charge on any atom is -0.383 e. The van der Waals surface area contributed by atoms with Crippen molar-refractivity contribution >= 4 is 39.0 Å². The molecule has 0 saturated heterocycles. The summed E-state index contributed by atoms with van der Waals surface area (Å²) in [6, 6.07) is 5.14. The number of hydrogen-bond donors (Lipinski definition) is 2. The average molecular weight is 417 g/mol. The highest BCUT2D eigenvalue weighted by molar-refractivity contribution is 7.16. The molecule has 0 radical (unpaired) electrons. The Bertz CT molecular complexity index is 1130. The Morgan fingerprint density at radius 1 is 1.38 bits per heavy atom. The number of nitrogens with one attached hydrogen (secondary N) is 1. The lowest BCUT2D eigenvalue weighted by molar-refractivity contribution is 0.0975. The highest BCUT2D eigenvalue weighted by atomic mass is 32.1. The minimum absolute atomic E-state index is 0.0319. The van der Waals surface area contributed by atoms with Crippen molar-refractivity contribution in [3.05, 3.63) is 50.1 Å². The number of aromatic nitrogens is 3. The highest BCUT2D eigenvalue weighted by Crippen LogP contribution is 2.23. The zero-order chi connectivity index (χ0) is 21.0. The van der Waals surface area contributed by atoms with Gasteiger partial charge >= 0.3 is 5.69 Å². The molecule has 3 rings (SSSR count). The number of carbonyl (C=O) groups is 1. The number of rotatable bonds is 8. The molecule has 1 amide bonds. The van der Waals surface area contributed by atoms with Gasteiger partial charge in [-0.15, -0.1) is 11.3 Å². The molecule has 154 valence electrons. The van der Waals surface area contributed by atoms with Crippen molar-refractivity contribution in [3.8, 4) is 0 Å². The fraction of sp³-hybridized carbons (Fsp3) is 0.368. The molecular formula is C19H23N5O4S. The van der Waals surface area contributed by atoms with Crippen molar-refractivity contribution in [1.29, 1.82) is 0 Å². The normalized spacial score (nSPS) is 11.1. The quantitative estimate of drug-likeness (QED) is 0.576. The highest BCUT2D eigenvalue weighted by Gasteiger charge is 2.25. The van der Waals surface area contributed by atoms with Crippen LogP contribution in [0.15, 0.2) is 33.3 Å². The van der Waals surface area contributed by atoms with Gasteiger partial charge in [0, 0.05) is 25.8 Å². The Hall–Kier alpha value is -2.98. The van der Waals surface area contributed by atoms with Gasteiger partial charge in [0.1, 0.15) is 5.82 Å². The van der Waals surface area contributed by atoms with Gasteiger partial charge in [0.2, 0.25) is 0 Å². The maximum atomic E-state index is 13.3. The zero-order valence-corrected chi connectivity index (χ0v) is 17.1. The number of unbranched alkanes of at least 4 members (excludes halogenated alkanes) is 1. The first-order valence-electron chi connectivity index (χ1n) is 9.24. The standard InChI is InChI=1S/C19H23N5O4S/c1-3-4-7-24-16(20)15(17(25)22-19(24)27)23(8-9-28-2)18(26)12-5-6-13-14(10-12)29-11-21-13/h5-6,10-11H,3-4,7-9,20H2,1-2H3,(H,22,25,27). The summed E-state index contributed by atoms with van der Waals surface area (Å²) in [5, 5.41) is 0. The van der Waals surface area contributed by atoms with Gasteiger partial charge in [-0.1, -0.05) is 13.3 Å². The predicted octanol–water partition coefficient (Wildman–Crippen LogP) is 1.82. The lowest BCUT2D eigenvalue weighted by atomic mass is 10.1. The molecule has 3 aromatic rings. The molecule has 29 heavy (non-hydrogen) atoms. The lowest BCUT2D eigenvalue weighted by Crippen LogP contribution is -2.42. The van der Waals surface area contributed by atoms with Gasteiger partial charge < -0.3 is 10.5 Å². The van der Waals surface area contributed by atoms with Crippen molar-refractivity contribution < 1.29 is 9.53 Å². The molecule has 0 bridgehead atoms. The van der Waals surface area contributed by atoms with E-state index in [2.05, 4.69) is 9.97 Å². The van der Waals surface area contributed by atoms with Gasteiger partial charge in [-0.25, -0.2) is 9.78 Å². The van der Waals surface area contributed by atoms with Crippen molar-refractivity contribution in [2.75, 3.05) is 30.9 Å². The Balaban J connectivity index is 2.09. The molecule has 0 aliphatic rings. The second kappa shape index (κ2) is 9.01. The van der Waals surface area contributed by atoms with Gasteiger partial charge in [0.15, 0.2) is 5.69 Å². The summed E-state index contributed by atoms with van der Waals surface area (Å²) < 4.78 is 7.26. The number of carbonyl (C=O) groups excluding carboxylic acids is 1. The number of H-pyrrole nitrogens is 1. The fourth-order valence-corrected chi connectivity index (χ4v) is 3.73. The van der Waals surface area contributed by atoms with Crippen LogP contribution < -0.4 is 21.9 Å². The number of ether oxygens (including phenoxy) is 1. The van der Waals surface area contributed by atoms with Crippen LogP contribution in [0.3, 0.4) is 0 Å². The molecule has 0 aliphatic carbocycles. The minimum atomic E-state index is -0.705. The number of methoxy groups -OCH3 is 1. The summed E-state index contributed by atoms with van der Waals surface area (Å²) in [5.74, 6) is -0.439. The second-order valence-electron chi connectivity index (χ2n) is 6.48. The van der Waals surface area contributed by atoms with Crippen LogP contribution in [0.5, 0.6) is 0 Å². The molecule has 9 nitrogen and oxygen atoms in total. The van der Waals surface area contributed by atoms with Crippen molar-refractivity contribution in [3.63, 3.8) is 0 Å². The fourth-order valence-electron chi connectivity index (χ4n) is 3.02. The molecule has 10 heteroatoms. The third-order valence-electron chi connectivity index (χ3n) is 4.56. The third-order valence-corrected chi connectivity index (χ3v) is 5.35. The van der Waals surface area contributed by atoms with Gasteiger partial charge in [0.25, 0.3) is 11.5 Å². The largest absolute Gasteiger partial charge is 0.383 e. The van der Waals surface area contributed by atoms with Crippen molar-refractivity contribution in [2.24, 2.45) is 0 Å². The monoisotopic (exact) mass is 417 g/mol. The van der Waals surface area contributed by atoms with Gasteiger partial charge in [-0.3, -0.25) is 24.0 Å². The van der Waals surface area contributed by atoms with E-state index in [1.807, 2.05) is 6.92 Å². The number of benzene rings is 1. The first-order valence-corrected chi connectivity index (χ1v) is 10.1. The SMILES string of the molecule is CCCCn1c(N)c(N(CCOC)C(=O)c2ccc3ncsc3c2)c(=O)[nH]c1=O. The molecule has 0 spiro atoms. The Kier molecular flexibility index (Phi) is 6.45. The molecule has 2 aromatic heterocycles. The van der Waals surface area contributed by atoms with Crippen LogP contribution in [0, 0.1) is 0 Å². The number of aromatic amines is 1. The number of thiazole rings is 1. The summed E-state index contributed by atoms with van der Waals surface area (Å²) in [6.07, 6.45) is 1.56. The smallest absolute Gasteiger partial charge is 0.330 e. The van der Waals surface area contributed by atoms with Crippen LogP contribution >= 0.6 is 11.3 Å². The molecule has 0 atom stereocenters. The number of hydrogen-bond acceptors (Lipinski definition) is 7. The molecule has 0 saturated carbocycles. The molecule has 2 heterocycles. The maximum Gasteiger partial charge on any atom is 0.330 e. The summed E-state index contributed by atoms with van der Waals surface area (Å²) in [5.41, 5.74) is 7.73. The number of anilines is 2. The summed E-state index contributed by atoms with van der Waals surface area (Å²) in [7, 11) is 1.50. The lowest BCUT2D eigenvalue weighted by Gasteiger charge is -2.24. The topological polar surface area (TPSA) is 123 Å². The van der Waals surface area contributed by atoms with E-state index in [4.69, 9.17) is 10.5 Å². The van der Waals surface area contributed by atoms with Crippen LogP contribution in [-0.4, -0.2) is 40.7 Å². The summed E-state index contributed by atoms with van der Waals surface area (Å²) in [4.78, 5) is 45.9. The van der Waals surface area contributed by atoms with Crippen molar-refractivity contribution in [2.45, 2.75) is 26.3 Å². The van der Waals surface area contributed by atoms with E-state index in [-0.39, 0.29) is 24.7 Å². The van der Waals surface area contributed by atoms with Crippen LogP contribution in [0.25, 0.3) is 10.2 Å². The molecule has 1 aromatic carbocycles. The van der Waals surface area contributed by atoms with E-state index in [0.717, 1.165) is 16.6 Å². The number of fused-ring (bicyclic) bond motifs is 1. The average Bonchev–Trinajstić information content (AvgIpc) is 3.17. The third kappa shape index (κ3) is 4.22. The van der Waals surface area contributed by atoms with Gasteiger partial charge in [-0.2, -0.15) is 0 Å². The summed E-state index contributed by atoms with van der Waals surface area (Å²) in [6.45, 7) is 2.64. The summed E-state index contributed by atoms with van der Waals surface area (Å²) >= 11 is 1.42. The number of nitrogen functional groups attached to an aromatic ring is 1. The number of nitrogens with two attached hydrogens (primary N) is 1. The predicted molar refractivity (Wildman–Crippen MR) is 114 cm³/mol. The van der Waals surface area contributed by atoms with Crippen LogP contribution in [0.4, 0.5) is 11.5 Å². The Morgan fingerprint density at radius 3 is 2.90 bits per heavy atom. The van der Waals surface area contributed by atoms with E-state index in [1.165, 1.54) is 27.9 Å². The zero-order valence-electron chi connectivity index (χ0n) is 16.3. The van der Waals surface area contributed by atoms with Crippen LogP contribution in [0.2, 0.25) is 0 Å². The molecule has 0 fully saturated rings. The molecule has 0 unspecified atom stereocenters. The Morgan fingerprint density at radius 2 is 2.17 bits per heavy atom. The van der Waals surface area contributed by atoms with Crippen LogP contribution in [-0.2, 0) is 11.3 Å². The first kappa shape index (κ1) is 20.7. The van der Waals surface area contributed by atoms with E-state index < -0.39 is 17.2 Å². The molecule has 3 N–H and O–H groups in total. The second-order valence-corrected chi connectivity index (χ2v) is 7.37. The maximum absolute atomic E-state index is 13.3. The molecular weight excluding hydrogens is 394 g/mol. The van der Waals surface area contributed by atoms with E-state index in [1.54, 1.807) is 23.7 Å². The van der Waals surface area contributed by atoms with E-state index >= 15 is 0 Å². The van der Waals surface area contributed by atoms with Crippen LogP contribution in [0.1, 0.15) is 30.1 Å². The van der Waals surface area contributed by atoms with Gasteiger partial charge in [-0.05, 0) is 24.6 Å². The number of amides is 1. The Labute approximate surface area is 170 Å². The van der Waals surface area contributed by atoms with Crippen molar-refractivity contribution in [1.82, 2.24) is 14.5 Å². The van der Waals surface area contributed by atoms with Gasteiger partial charge in [0.05, 0.1) is 22.3 Å². The molecule has 0 aliphatic heterocycles.